The fourth-order valence-electron chi connectivity index (χ4n) is 8.01. The molecule has 25 atom stereocenters. The van der Waals surface area contributed by atoms with Crippen molar-refractivity contribution in [1.82, 2.24) is 10.6 Å². The number of aldehydes is 1. The van der Waals surface area contributed by atoms with Gasteiger partial charge in [-0.15, -0.1) is 0 Å². The SMILES string of the molecule is CC(=O)N[C@@H]1C(O[C@@H]2O[C@H](CO)[C@H](O)C(O[C@]3(C(=O)O)C[C@H](O)[C@@H](NC(C)=O)C(C(O)[C@H](O)CO)O3)[C@H]2O)[C@H](OC2O[C@@H](C)[C@@H](O)[C@@H](O)[C@@H]2O)[C@@H](CO)O[C@H]1O[C@@H]([C@@H](O)[C@H](O)CO)[C@@H](O)C=O. The number of carboxylic acid groups (broad SMARTS) is 1. The number of nitrogens with one attached hydrogen (secondary N) is 2. The molecule has 0 radical (unpaired) electrons. The molecule has 5 unspecified atom stereocenters. The van der Waals surface area contributed by atoms with Gasteiger partial charge >= 0.3 is 5.97 Å². The largest absolute Gasteiger partial charge is 0.477 e. The Hall–Kier alpha value is -2.84. The Morgan fingerprint density at radius 3 is 1.79 bits per heavy atom. The zero-order valence-corrected chi connectivity index (χ0v) is 36.0. The van der Waals surface area contributed by atoms with E-state index in [9.17, 15) is 101 Å². The van der Waals surface area contributed by atoms with E-state index in [0.29, 0.717) is 0 Å². The minimum atomic E-state index is -3.24. The summed E-state index contributed by atoms with van der Waals surface area (Å²) < 4.78 is 46.2. The molecule has 0 saturated carbocycles. The topological polar surface area (TPSA) is 490 Å². The minimum absolute atomic E-state index is 0.149. The van der Waals surface area contributed by atoms with Crippen LogP contribution in [-0.2, 0) is 57.1 Å². The molecule has 2 amide bonds. The highest BCUT2D eigenvalue weighted by Gasteiger charge is 2.61. The van der Waals surface area contributed by atoms with Gasteiger partial charge in [-0.25, -0.2) is 4.79 Å². The van der Waals surface area contributed by atoms with Crippen molar-refractivity contribution in [1.29, 1.82) is 0 Å². The predicted octanol–water partition coefficient (Wildman–Crippen LogP) is -11.6. The second kappa shape index (κ2) is 24.3. The number of aliphatic carboxylic acids is 1. The van der Waals surface area contributed by atoms with Crippen molar-refractivity contribution < 1.29 is 139 Å². The molecule has 0 spiro atoms. The first-order chi connectivity index (χ1) is 31.4. The van der Waals surface area contributed by atoms with Gasteiger partial charge in [0, 0.05) is 20.3 Å². The molecule has 67 heavy (non-hydrogen) atoms. The van der Waals surface area contributed by atoms with Crippen molar-refractivity contribution in [3.8, 4) is 0 Å². The van der Waals surface area contributed by atoms with Gasteiger partial charge in [-0.05, 0) is 6.92 Å². The first-order valence-electron chi connectivity index (χ1n) is 20.9. The molecule has 4 aliphatic heterocycles. The molecule has 4 heterocycles. The van der Waals surface area contributed by atoms with Crippen LogP contribution in [0.25, 0.3) is 0 Å². The van der Waals surface area contributed by atoms with Crippen LogP contribution in [-0.4, -0.2) is 285 Å². The average Bonchev–Trinajstić information content (AvgIpc) is 3.29. The molecule has 0 aromatic carbocycles. The Kier molecular flexibility index (Phi) is 20.6. The molecule has 30 nitrogen and oxygen atoms in total. The lowest BCUT2D eigenvalue weighted by molar-refractivity contribution is -0.392. The van der Waals surface area contributed by atoms with Gasteiger partial charge in [-0.3, -0.25) is 9.59 Å². The quantitative estimate of drug-likeness (QED) is 0.0475. The Morgan fingerprint density at radius 1 is 0.701 bits per heavy atom. The van der Waals surface area contributed by atoms with Gasteiger partial charge < -0.3 is 135 Å². The van der Waals surface area contributed by atoms with E-state index < -0.39 is 203 Å². The highest BCUT2D eigenvalue weighted by Crippen LogP contribution is 2.39. The van der Waals surface area contributed by atoms with Crippen molar-refractivity contribution in [2.45, 2.75) is 180 Å². The van der Waals surface area contributed by atoms with E-state index >= 15 is 0 Å². The molecule has 0 aromatic heterocycles. The molecule has 4 rings (SSSR count). The predicted molar refractivity (Wildman–Crippen MR) is 207 cm³/mol. The summed E-state index contributed by atoms with van der Waals surface area (Å²) in [5.74, 6) is -7.14. The number of carbonyl (C=O) groups is 4. The fraction of sp³-hybridized carbons (Fsp3) is 0.892. The summed E-state index contributed by atoms with van der Waals surface area (Å²) >= 11 is 0. The molecule has 4 aliphatic rings. The van der Waals surface area contributed by atoms with Gasteiger partial charge in [-0.2, -0.15) is 0 Å². The minimum Gasteiger partial charge on any atom is -0.477 e. The number of carbonyl (C=O) groups excluding carboxylic acids is 3. The Bertz CT molecular complexity index is 1620. The van der Waals surface area contributed by atoms with Crippen LogP contribution in [0.2, 0.25) is 0 Å². The van der Waals surface area contributed by atoms with Crippen LogP contribution < -0.4 is 10.6 Å². The van der Waals surface area contributed by atoms with Crippen molar-refractivity contribution in [2.75, 3.05) is 26.4 Å². The lowest BCUT2D eigenvalue weighted by atomic mass is 9.88. The number of amides is 2. The standard InChI is InChI=1S/C37H62N2O28/c1-10-21(51)25(55)26(56)34(60-10)64-29-18(9-44)62-33(63-28(16(50)7-42)22(52)14(48)5-40)20(39-12(3)46)31(29)65-35-27(57)32(24(54)17(8-43)61-35)67-37(36(58)59)4-13(47)19(38-11(2)45)30(66-37)23(53)15(49)6-41/h7,10,13-35,40-41,43-44,47-57H,4-6,8-9H2,1-3H3,(H,38,45)(H,39,46)(H,58,59)/t10-,13-,14+,15+,16-,17+,18+,19+,20+,21+,22-,23?,24-,25+,26-,27+,28+,29+,30?,31?,32?,33-,34?,35-,37-/m0/s1. The maximum Gasteiger partial charge on any atom is 0.364 e. The van der Waals surface area contributed by atoms with E-state index in [1.54, 1.807) is 0 Å². The molecule has 0 aliphatic carbocycles. The zero-order chi connectivity index (χ0) is 50.4. The first-order valence-corrected chi connectivity index (χ1v) is 20.9. The summed E-state index contributed by atoms with van der Waals surface area (Å²) in [7, 11) is 0. The normalized spacial score (nSPS) is 42.1. The monoisotopic (exact) mass is 982 g/mol. The number of hydrogen-bond donors (Lipinski definition) is 18. The summed E-state index contributed by atoms with van der Waals surface area (Å²) in [5.41, 5.74) is 0. The molecule has 30 heteroatoms. The fourth-order valence-corrected chi connectivity index (χ4v) is 8.01. The van der Waals surface area contributed by atoms with E-state index in [-0.39, 0.29) is 6.29 Å². The van der Waals surface area contributed by atoms with Gasteiger partial charge in [0.05, 0.1) is 44.7 Å². The summed E-state index contributed by atoms with van der Waals surface area (Å²) in [6.45, 7) is -1.43. The summed E-state index contributed by atoms with van der Waals surface area (Å²) in [4.78, 5) is 49.7. The first kappa shape index (κ1) is 56.7. The maximum atomic E-state index is 13.1. The number of aliphatic hydroxyl groups is 15. The summed E-state index contributed by atoms with van der Waals surface area (Å²) in [6, 6.07) is -3.64. The molecular weight excluding hydrogens is 920 g/mol. The molecule has 4 fully saturated rings. The maximum absolute atomic E-state index is 13.1. The van der Waals surface area contributed by atoms with Gasteiger partial charge in [0.2, 0.25) is 11.8 Å². The number of rotatable bonds is 21. The van der Waals surface area contributed by atoms with E-state index in [2.05, 4.69) is 10.6 Å². The number of carboxylic acids is 1. The number of hydrogen-bond acceptors (Lipinski definition) is 27. The zero-order valence-electron chi connectivity index (χ0n) is 36.0. The van der Waals surface area contributed by atoms with Crippen LogP contribution in [0.3, 0.4) is 0 Å². The van der Waals surface area contributed by atoms with Gasteiger partial charge in [-0.1, -0.05) is 0 Å². The van der Waals surface area contributed by atoms with Gasteiger partial charge in [0.15, 0.2) is 25.2 Å². The summed E-state index contributed by atoms with van der Waals surface area (Å²) in [5, 5.41) is 174. The van der Waals surface area contributed by atoms with Crippen molar-refractivity contribution in [2.24, 2.45) is 0 Å². The summed E-state index contributed by atoms with van der Waals surface area (Å²) in [6.07, 6.45) is -47.0. The van der Waals surface area contributed by atoms with Crippen LogP contribution in [0.4, 0.5) is 0 Å². The van der Waals surface area contributed by atoms with Crippen LogP contribution in [0.15, 0.2) is 0 Å². The third-order valence-electron chi connectivity index (χ3n) is 11.6. The lowest BCUT2D eigenvalue weighted by Crippen LogP contribution is -2.72. The van der Waals surface area contributed by atoms with Crippen LogP contribution >= 0.6 is 0 Å². The van der Waals surface area contributed by atoms with Crippen molar-refractivity contribution in [3.05, 3.63) is 0 Å². The number of ether oxygens (including phenoxy) is 8. The molecule has 0 bridgehead atoms. The molecular formula is C37H62N2O28. The van der Waals surface area contributed by atoms with E-state index in [1.807, 2.05) is 0 Å². The van der Waals surface area contributed by atoms with Crippen LogP contribution in [0.1, 0.15) is 27.2 Å². The van der Waals surface area contributed by atoms with Crippen molar-refractivity contribution in [3.63, 3.8) is 0 Å². The average molecular weight is 983 g/mol. The van der Waals surface area contributed by atoms with Crippen LogP contribution in [0.5, 0.6) is 0 Å². The van der Waals surface area contributed by atoms with Crippen molar-refractivity contribution >= 4 is 24.1 Å². The van der Waals surface area contributed by atoms with Gasteiger partial charge in [0.1, 0.15) is 110 Å². The third-order valence-corrected chi connectivity index (χ3v) is 11.6. The van der Waals surface area contributed by atoms with Crippen LogP contribution in [0, 0.1) is 0 Å². The highest BCUT2D eigenvalue weighted by molar-refractivity contribution is 5.76. The lowest BCUT2D eigenvalue weighted by Gasteiger charge is -2.52. The van der Waals surface area contributed by atoms with E-state index in [4.69, 9.17) is 37.9 Å². The highest BCUT2D eigenvalue weighted by atomic mass is 16.8. The Morgan fingerprint density at radius 2 is 1.25 bits per heavy atom. The second-order valence-corrected chi connectivity index (χ2v) is 16.5. The molecule has 388 valence electrons. The molecule has 0 aromatic rings. The van der Waals surface area contributed by atoms with Gasteiger partial charge in [0.25, 0.3) is 5.79 Å². The van der Waals surface area contributed by atoms with E-state index in [0.717, 1.165) is 13.8 Å². The Labute approximate surface area is 379 Å². The third kappa shape index (κ3) is 12.7. The molecule has 4 saturated heterocycles. The second-order valence-electron chi connectivity index (χ2n) is 16.5. The molecule has 18 N–H and O–H groups in total. The Balaban J connectivity index is 1.84. The smallest absolute Gasteiger partial charge is 0.364 e. The number of aliphatic hydroxyl groups excluding tert-OH is 15. The van der Waals surface area contributed by atoms with E-state index in [1.165, 1.54) is 6.92 Å².